The van der Waals surface area contributed by atoms with Gasteiger partial charge in [-0.1, -0.05) is 17.3 Å². The summed E-state index contributed by atoms with van der Waals surface area (Å²) in [6.45, 7) is 3.54. The van der Waals surface area contributed by atoms with Gasteiger partial charge in [0.1, 0.15) is 11.8 Å². The van der Waals surface area contributed by atoms with Gasteiger partial charge in [0, 0.05) is 6.54 Å². The Kier molecular flexibility index (Phi) is 6.78. The van der Waals surface area contributed by atoms with Crippen molar-refractivity contribution in [3.63, 3.8) is 0 Å². The fourth-order valence-electron chi connectivity index (χ4n) is 2.82. The monoisotopic (exact) mass is 366 g/mol. The predicted octanol–water partition coefficient (Wildman–Crippen LogP) is 2.34. The Balaban J connectivity index is 0.00000225. The first-order chi connectivity index (χ1) is 11.7. The summed E-state index contributed by atoms with van der Waals surface area (Å²) in [6.07, 6.45) is 1.92. The van der Waals surface area contributed by atoms with Crippen molar-refractivity contribution in [2.24, 2.45) is 5.92 Å². The molecule has 25 heavy (non-hydrogen) atoms. The number of halogens is 1. The summed E-state index contributed by atoms with van der Waals surface area (Å²) in [7, 11) is 1.60. The lowest BCUT2D eigenvalue weighted by atomic mass is 9.98. The Hall–Kier alpha value is -2.12. The first-order valence-corrected chi connectivity index (χ1v) is 8.17. The van der Waals surface area contributed by atoms with E-state index < -0.39 is 0 Å². The zero-order valence-electron chi connectivity index (χ0n) is 14.3. The molecule has 0 saturated carbocycles. The molecule has 1 fully saturated rings. The number of amides is 1. The second-order valence-corrected chi connectivity index (χ2v) is 5.93. The van der Waals surface area contributed by atoms with Gasteiger partial charge in [-0.15, -0.1) is 12.4 Å². The standard InChI is InChI=1S/C17H22N4O3.ClH/c1-11(19-16(22)12-6-5-9-18-10-12)17-20-15(21-24-17)13-7-3-4-8-14(13)23-2;/h3-4,7-8,11-12,18H,5-6,9-10H2,1-2H3,(H,19,22);1H. The predicted molar refractivity (Wildman–Crippen MR) is 95.7 cm³/mol. The molecule has 2 aromatic rings. The molecule has 0 radical (unpaired) electrons. The van der Waals surface area contributed by atoms with Crippen LogP contribution in [0.1, 0.15) is 31.7 Å². The number of nitrogens with zero attached hydrogens (tertiary/aromatic N) is 2. The van der Waals surface area contributed by atoms with Gasteiger partial charge in [-0.3, -0.25) is 4.79 Å². The van der Waals surface area contributed by atoms with Crippen molar-refractivity contribution in [1.82, 2.24) is 20.8 Å². The molecule has 0 spiro atoms. The van der Waals surface area contributed by atoms with E-state index in [-0.39, 0.29) is 30.3 Å². The van der Waals surface area contributed by atoms with Gasteiger partial charge in [-0.2, -0.15) is 4.98 Å². The number of ether oxygens (including phenoxy) is 1. The summed E-state index contributed by atoms with van der Waals surface area (Å²) >= 11 is 0. The van der Waals surface area contributed by atoms with Crippen LogP contribution in [0, 0.1) is 5.92 Å². The number of hydrogen-bond donors (Lipinski definition) is 2. The largest absolute Gasteiger partial charge is 0.496 e. The van der Waals surface area contributed by atoms with Crippen molar-refractivity contribution >= 4 is 18.3 Å². The molecule has 2 atom stereocenters. The molecule has 1 aliphatic heterocycles. The third-order valence-corrected chi connectivity index (χ3v) is 4.19. The van der Waals surface area contributed by atoms with Crippen LogP contribution in [0.3, 0.4) is 0 Å². The average molecular weight is 367 g/mol. The molecule has 1 saturated heterocycles. The molecule has 2 heterocycles. The lowest BCUT2D eigenvalue weighted by Gasteiger charge is -2.23. The van der Waals surface area contributed by atoms with Gasteiger partial charge < -0.3 is 19.9 Å². The maximum Gasteiger partial charge on any atom is 0.249 e. The van der Waals surface area contributed by atoms with E-state index in [4.69, 9.17) is 9.26 Å². The highest BCUT2D eigenvalue weighted by Crippen LogP contribution is 2.28. The van der Waals surface area contributed by atoms with E-state index in [1.54, 1.807) is 7.11 Å². The Morgan fingerprint density at radius 3 is 2.96 bits per heavy atom. The molecule has 2 N–H and O–H groups in total. The molecule has 0 bridgehead atoms. The highest BCUT2D eigenvalue weighted by Gasteiger charge is 2.24. The minimum absolute atomic E-state index is 0. The van der Waals surface area contributed by atoms with Crippen molar-refractivity contribution < 1.29 is 14.1 Å². The number of nitrogens with one attached hydrogen (secondary N) is 2. The number of rotatable bonds is 5. The fourth-order valence-corrected chi connectivity index (χ4v) is 2.82. The molecule has 1 aromatic carbocycles. The fraction of sp³-hybridized carbons (Fsp3) is 0.471. The molecule has 1 aliphatic rings. The first kappa shape index (κ1) is 19.2. The Bertz CT molecular complexity index is 701. The van der Waals surface area contributed by atoms with E-state index in [0.29, 0.717) is 17.5 Å². The second kappa shape index (κ2) is 8.82. The molecule has 136 valence electrons. The van der Waals surface area contributed by atoms with E-state index in [1.165, 1.54) is 0 Å². The zero-order chi connectivity index (χ0) is 16.9. The number of carbonyl (C=O) groups excluding carboxylic acids is 1. The lowest BCUT2D eigenvalue weighted by Crippen LogP contribution is -2.41. The van der Waals surface area contributed by atoms with Gasteiger partial charge in [-0.05, 0) is 38.4 Å². The summed E-state index contributed by atoms with van der Waals surface area (Å²) in [4.78, 5) is 16.7. The van der Waals surface area contributed by atoms with Crippen LogP contribution in [-0.2, 0) is 4.79 Å². The highest BCUT2D eigenvalue weighted by molar-refractivity contribution is 5.85. The van der Waals surface area contributed by atoms with E-state index in [0.717, 1.165) is 31.5 Å². The van der Waals surface area contributed by atoms with Crippen LogP contribution in [-0.4, -0.2) is 36.2 Å². The molecular weight excluding hydrogens is 344 g/mol. The molecule has 8 heteroatoms. The molecule has 3 rings (SSSR count). The van der Waals surface area contributed by atoms with Crippen LogP contribution >= 0.6 is 12.4 Å². The van der Waals surface area contributed by atoms with E-state index >= 15 is 0 Å². The first-order valence-electron chi connectivity index (χ1n) is 8.17. The van der Waals surface area contributed by atoms with Gasteiger partial charge in [0.25, 0.3) is 0 Å². The molecule has 1 aromatic heterocycles. The van der Waals surface area contributed by atoms with Gasteiger partial charge >= 0.3 is 0 Å². The van der Waals surface area contributed by atoms with Crippen molar-refractivity contribution in [1.29, 1.82) is 0 Å². The van der Waals surface area contributed by atoms with Crippen LogP contribution in [0.5, 0.6) is 5.75 Å². The maximum absolute atomic E-state index is 12.3. The molecule has 2 unspecified atom stereocenters. The average Bonchev–Trinajstić information content (AvgIpc) is 3.12. The van der Waals surface area contributed by atoms with Crippen LogP contribution < -0.4 is 15.4 Å². The molecule has 0 aliphatic carbocycles. The zero-order valence-corrected chi connectivity index (χ0v) is 15.1. The van der Waals surface area contributed by atoms with Gasteiger partial charge in [0.2, 0.25) is 17.6 Å². The van der Waals surface area contributed by atoms with Crippen LogP contribution in [0.25, 0.3) is 11.4 Å². The normalized spacial score (nSPS) is 18.1. The number of hydrogen-bond acceptors (Lipinski definition) is 6. The Morgan fingerprint density at radius 1 is 1.44 bits per heavy atom. The minimum atomic E-state index is -0.338. The third kappa shape index (κ3) is 4.49. The number of para-hydroxylation sites is 1. The number of piperidine rings is 1. The van der Waals surface area contributed by atoms with Crippen LogP contribution in [0.15, 0.2) is 28.8 Å². The second-order valence-electron chi connectivity index (χ2n) is 5.93. The summed E-state index contributed by atoms with van der Waals surface area (Å²) in [6, 6.07) is 7.13. The van der Waals surface area contributed by atoms with Crippen molar-refractivity contribution in [3.8, 4) is 17.1 Å². The summed E-state index contributed by atoms with van der Waals surface area (Å²) in [5.74, 6) is 1.52. The van der Waals surface area contributed by atoms with Crippen LogP contribution in [0.2, 0.25) is 0 Å². The summed E-state index contributed by atoms with van der Waals surface area (Å²) < 4.78 is 10.6. The number of benzene rings is 1. The van der Waals surface area contributed by atoms with Gasteiger partial charge in [0.05, 0.1) is 18.6 Å². The van der Waals surface area contributed by atoms with E-state index in [1.807, 2.05) is 31.2 Å². The third-order valence-electron chi connectivity index (χ3n) is 4.19. The SMILES string of the molecule is COc1ccccc1-c1noc(C(C)NC(=O)C2CCCNC2)n1.Cl. The van der Waals surface area contributed by atoms with Gasteiger partial charge in [-0.25, -0.2) is 0 Å². The Labute approximate surface area is 152 Å². The van der Waals surface area contributed by atoms with E-state index in [9.17, 15) is 4.79 Å². The lowest BCUT2D eigenvalue weighted by molar-refractivity contribution is -0.126. The number of carbonyl (C=O) groups is 1. The quantitative estimate of drug-likeness (QED) is 0.844. The smallest absolute Gasteiger partial charge is 0.249 e. The topological polar surface area (TPSA) is 89.3 Å². The van der Waals surface area contributed by atoms with E-state index in [2.05, 4.69) is 20.8 Å². The van der Waals surface area contributed by atoms with Gasteiger partial charge in [0.15, 0.2) is 0 Å². The Morgan fingerprint density at radius 2 is 2.24 bits per heavy atom. The van der Waals surface area contributed by atoms with Crippen molar-refractivity contribution in [2.75, 3.05) is 20.2 Å². The number of aromatic nitrogens is 2. The minimum Gasteiger partial charge on any atom is -0.496 e. The number of methoxy groups -OCH3 is 1. The summed E-state index contributed by atoms with van der Waals surface area (Å²) in [5.41, 5.74) is 0.755. The summed E-state index contributed by atoms with van der Waals surface area (Å²) in [5, 5.41) is 10.2. The maximum atomic E-state index is 12.3. The molecule has 1 amide bonds. The van der Waals surface area contributed by atoms with Crippen molar-refractivity contribution in [3.05, 3.63) is 30.2 Å². The highest BCUT2D eigenvalue weighted by atomic mass is 35.5. The molecular formula is C17H23ClN4O3. The van der Waals surface area contributed by atoms with Crippen molar-refractivity contribution in [2.45, 2.75) is 25.8 Å². The van der Waals surface area contributed by atoms with Crippen LogP contribution in [0.4, 0.5) is 0 Å². The molecule has 7 nitrogen and oxygen atoms in total.